The fourth-order valence-electron chi connectivity index (χ4n) is 2.85. The summed E-state index contributed by atoms with van der Waals surface area (Å²) < 4.78 is 2.26. The summed E-state index contributed by atoms with van der Waals surface area (Å²) in [5.41, 5.74) is 3.90. The Morgan fingerprint density at radius 3 is 2.58 bits per heavy atom. The number of benzene rings is 1. The molecule has 0 bridgehead atoms. The molecule has 102 valence electrons. The molecule has 0 aliphatic rings. The number of aryl methyl sites for hydroxylation is 2. The topological polar surface area (TPSA) is 42.2 Å². The second-order valence-electron chi connectivity index (χ2n) is 4.97. The summed E-state index contributed by atoms with van der Waals surface area (Å²) in [7, 11) is 0. The van der Waals surface area contributed by atoms with Crippen LogP contribution >= 0.6 is 0 Å². The zero-order valence-electron chi connectivity index (χ0n) is 11.9. The monoisotopic (exact) mass is 259 g/mol. The molecule has 3 nitrogen and oxygen atoms in total. The molecule has 0 unspecified atom stereocenters. The molecule has 0 spiro atoms. The van der Waals surface area contributed by atoms with Gasteiger partial charge in [-0.15, -0.1) is 0 Å². The van der Waals surface area contributed by atoms with Gasteiger partial charge in [0.2, 0.25) is 0 Å². The zero-order chi connectivity index (χ0) is 14.0. The number of rotatable bonds is 5. The molecule has 0 aliphatic heterocycles. The summed E-state index contributed by atoms with van der Waals surface area (Å²) in [6.45, 7) is 7.32. The maximum absolute atomic E-state index is 11.4. The van der Waals surface area contributed by atoms with Crippen LogP contribution < -0.4 is 0 Å². The van der Waals surface area contributed by atoms with E-state index in [1.165, 1.54) is 11.3 Å². The lowest BCUT2D eigenvalue weighted by Gasteiger charge is -2.06. The number of carboxylic acid groups (broad SMARTS) is 1. The van der Waals surface area contributed by atoms with Crippen molar-refractivity contribution in [2.75, 3.05) is 0 Å². The van der Waals surface area contributed by atoms with Crippen molar-refractivity contribution in [2.45, 2.75) is 46.6 Å². The van der Waals surface area contributed by atoms with Gasteiger partial charge < -0.3 is 9.67 Å². The molecule has 0 saturated carbocycles. The largest absolute Gasteiger partial charge is 0.478 e. The highest BCUT2D eigenvalue weighted by Crippen LogP contribution is 2.30. The number of fused-ring (bicyclic) bond motifs is 1. The lowest BCUT2D eigenvalue weighted by molar-refractivity contribution is 0.0699. The van der Waals surface area contributed by atoms with Gasteiger partial charge >= 0.3 is 5.97 Å². The molecule has 0 fully saturated rings. The van der Waals surface area contributed by atoms with Crippen LogP contribution in [0.3, 0.4) is 0 Å². The van der Waals surface area contributed by atoms with E-state index in [1.54, 1.807) is 6.07 Å². The van der Waals surface area contributed by atoms with Crippen molar-refractivity contribution in [3.05, 3.63) is 35.0 Å². The highest BCUT2D eigenvalue weighted by atomic mass is 16.4. The first kappa shape index (κ1) is 13.7. The molecule has 1 heterocycles. The lowest BCUT2D eigenvalue weighted by atomic mass is 10.0. The summed E-state index contributed by atoms with van der Waals surface area (Å²) in [6, 6.07) is 5.58. The maximum atomic E-state index is 11.4. The van der Waals surface area contributed by atoms with E-state index >= 15 is 0 Å². The van der Waals surface area contributed by atoms with Gasteiger partial charge in [0.15, 0.2) is 0 Å². The first-order valence-electron chi connectivity index (χ1n) is 6.95. The molecule has 0 amide bonds. The Hall–Kier alpha value is -1.77. The molecule has 2 aromatic rings. The van der Waals surface area contributed by atoms with Gasteiger partial charge in [0.25, 0.3) is 0 Å². The first-order valence-corrected chi connectivity index (χ1v) is 6.95. The van der Waals surface area contributed by atoms with Crippen molar-refractivity contribution >= 4 is 16.9 Å². The Morgan fingerprint density at radius 1 is 1.26 bits per heavy atom. The minimum absolute atomic E-state index is 0.430. The Labute approximate surface area is 113 Å². The van der Waals surface area contributed by atoms with E-state index in [1.807, 2.05) is 12.1 Å². The fraction of sp³-hybridized carbons (Fsp3) is 0.438. The molecular formula is C16H21NO2. The van der Waals surface area contributed by atoms with Gasteiger partial charge in [-0.05, 0) is 37.5 Å². The van der Waals surface area contributed by atoms with Crippen LogP contribution in [0.2, 0.25) is 0 Å². The van der Waals surface area contributed by atoms with E-state index in [4.69, 9.17) is 0 Å². The van der Waals surface area contributed by atoms with Crippen LogP contribution in [-0.4, -0.2) is 15.6 Å². The molecule has 19 heavy (non-hydrogen) atoms. The van der Waals surface area contributed by atoms with E-state index in [0.29, 0.717) is 5.56 Å². The number of hydrogen-bond acceptors (Lipinski definition) is 1. The summed E-state index contributed by atoms with van der Waals surface area (Å²) in [6.07, 6.45) is 3.01. The predicted octanol–water partition coefficient (Wildman–Crippen LogP) is 4.01. The second kappa shape index (κ2) is 5.47. The molecule has 0 atom stereocenters. The minimum atomic E-state index is -0.836. The first-order chi connectivity index (χ1) is 9.11. The Kier molecular flexibility index (Phi) is 3.93. The van der Waals surface area contributed by atoms with E-state index in [-0.39, 0.29) is 0 Å². The molecule has 0 radical (unpaired) electrons. The third-order valence-electron chi connectivity index (χ3n) is 3.65. The molecule has 1 aromatic heterocycles. The van der Waals surface area contributed by atoms with Crippen molar-refractivity contribution < 1.29 is 9.90 Å². The summed E-state index contributed by atoms with van der Waals surface area (Å²) in [5.74, 6) is -0.836. The maximum Gasteiger partial charge on any atom is 0.336 e. The van der Waals surface area contributed by atoms with Crippen LogP contribution in [-0.2, 0) is 13.0 Å². The average Bonchev–Trinajstić information content (AvgIpc) is 2.65. The molecule has 3 heteroatoms. The SMILES string of the molecule is CCCc1c(C)n(CCC)c2cccc(C(=O)O)c12. The average molecular weight is 259 g/mol. The smallest absolute Gasteiger partial charge is 0.336 e. The van der Waals surface area contributed by atoms with E-state index in [2.05, 4.69) is 25.3 Å². The van der Waals surface area contributed by atoms with Gasteiger partial charge in [0, 0.05) is 23.1 Å². The van der Waals surface area contributed by atoms with Crippen LogP contribution in [0.5, 0.6) is 0 Å². The lowest BCUT2D eigenvalue weighted by Crippen LogP contribution is -2.00. The molecular weight excluding hydrogens is 238 g/mol. The molecule has 0 saturated heterocycles. The van der Waals surface area contributed by atoms with Crippen molar-refractivity contribution in [2.24, 2.45) is 0 Å². The number of aromatic nitrogens is 1. The van der Waals surface area contributed by atoms with Crippen LogP contribution in [0, 0.1) is 6.92 Å². The van der Waals surface area contributed by atoms with Crippen LogP contribution in [0.15, 0.2) is 18.2 Å². The summed E-state index contributed by atoms with van der Waals surface area (Å²) >= 11 is 0. The van der Waals surface area contributed by atoms with Crippen LogP contribution in [0.25, 0.3) is 10.9 Å². The highest BCUT2D eigenvalue weighted by Gasteiger charge is 2.18. The summed E-state index contributed by atoms with van der Waals surface area (Å²) in [5, 5.41) is 10.3. The highest BCUT2D eigenvalue weighted by molar-refractivity contribution is 6.05. The molecule has 1 N–H and O–H groups in total. The van der Waals surface area contributed by atoms with Gasteiger partial charge in [-0.2, -0.15) is 0 Å². The van der Waals surface area contributed by atoms with Crippen molar-refractivity contribution in [1.82, 2.24) is 4.57 Å². The van der Waals surface area contributed by atoms with Gasteiger partial charge in [0.1, 0.15) is 0 Å². The number of carboxylic acids is 1. The van der Waals surface area contributed by atoms with Crippen molar-refractivity contribution in [3.63, 3.8) is 0 Å². The predicted molar refractivity (Wildman–Crippen MR) is 77.9 cm³/mol. The van der Waals surface area contributed by atoms with Crippen LogP contribution in [0.1, 0.15) is 48.3 Å². The number of aromatic carboxylic acids is 1. The zero-order valence-corrected chi connectivity index (χ0v) is 11.9. The minimum Gasteiger partial charge on any atom is -0.478 e. The third-order valence-corrected chi connectivity index (χ3v) is 3.65. The quantitative estimate of drug-likeness (QED) is 0.881. The standard InChI is InChI=1S/C16H21NO2/c1-4-7-12-11(3)17(10-5-2)14-9-6-8-13(15(12)14)16(18)19/h6,8-9H,4-5,7,10H2,1-3H3,(H,18,19). The number of carbonyl (C=O) groups is 1. The van der Waals surface area contributed by atoms with Gasteiger partial charge in [-0.1, -0.05) is 26.3 Å². The van der Waals surface area contributed by atoms with Gasteiger partial charge in [0.05, 0.1) is 5.56 Å². The Balaban J connectivity index is 2.81. The Morgan fingerprint density at radius 2 is 2.00 bits per heavy atom. The van der Waals surface area contributed by atoms with E-state index < -0.39 is 5.97 Å². The normalized spacial score (nSPS) is 11.1. The van der Waals surface area contributed by atoms with Crippen molar-refractivity contribution in [1.29, 1.82) is 0 Å². The third kappa shape index (κ3) is 2.25. The van der Waals surface area contributed by atoms with Crippen LogP contribution in [0.4, 0.5) is 0 Å². The van der Waals surface area contributed by atoms with E-state index in [0.717, 1.165) is 36.7 Å². The van der Waals surface area contributed by atoms with Gasteiger partial charge in [-0.3, -0.25) is 0 Å². The molecule has 0 aliphatic carbocycles. The van der Waals surface area contributed by atoms with E-state index in [9.17, 15) is 9.90 Å². The summed E-state index contributed by atoms with van der Waals surface area (Å²) in [4.78, 5) is 11.4. The fourth-order valence-corrected chi connectivity index (χ4v) is 2.85. The number of nitrogens with zero attached hydrogens (tertiary/aromatic N) is 1. The van der Waals surface area contributed by atoms with Gasteiger partial charge in [-0.25, -0.2) is 4.79 Å². The van der Waals surface area contributed by atoms with Crippen molar-refractivity contribution in [3.8, 4) is 0 Å². The molecule has 1 aromatic carbocycles. The number of hydrogen-bond donors (Lipinski definition) is 1. The second-order valence-corrected chi connectivity index (χ2v) is 4.97. The Bertz CT molecular complexity index is 611. The molecule has 2 rings (SSSR count).